The molecule has 3 fully saturated rings. The van der Waals surface area contributed by atoms with Crippen LogP contribution in [0.5, 0.6) is 0 Å². The van der Waals surface area contributed by atoms with Gasteiger partial charge in [0.15, 0.2) is 5.11 Å². The number of hydrogen-bond donors (Lipinski definition) is 2. The Bertz CT molecular complexity index is 995. The van der Waals surface area contributed by atoms with Crippen molar-refractivity contribution in [2.75, 3.05) is 47.8 Å². The van der Waals surface area contributed by atoms with Crippen molar-refractivity contribution in [3.05, 3.63) is 40.9 Å². The minimum atomic E-state index is 0.0752. The molecule has 1 aliphatic carbocycles. The summed E-state index contributed by atoms with van der Waals surface area (Å²) in [4.78, 5) is 14.5. The highest BCUT2D eigenvalue weighted by atomic mass is 35.5. The van der Waals surface area contributed by atoms with Crippen LogP contribution in [0.3, 0.4) is 0 Å². The molecular formula is C27H37ClN6S. The molecule has 3 heterocycles. The van der Waals surface area contributed by atoms with Gasteiger partial charge in [-0.15, -0.1) is 0 Å². The molecular weight excluding hydrogens is 476 g/mol. The zero-order chi connectivity index (χ0) is 24.1. The number of piperidine rings is 1. The van der Waals surface area contributed by atoms with E-state index in [0.717, 1.165) is 62.2 Å². The average Bonchev–Trinajstić information content (AvgIpc) is 3.44. The third kappa shape index (κ3) is 6.00. The van der Waals surface area contributed by atoms with Crippen molar-refractivity contribution >= 4 is 46.5 Å². The number of benzene rings is 1. The van der Waals surface area contributed by atoms with Crippen molar-refractivity contribution in [3.63, 3.8) is 0 Å². The average molecular weight is 513 g/mol. The molecule has 2 saturated heterocycles. The minimum absolute atomic E-state index is 0.0752. The number of hydrogen-bond acceptors (Lipinski definition) is 5. The molecule has 2 N–H and O–H groups in total. The van der Waals surface area contributed by atoms with Crippen LogP contribution in [0.25, 0.3) is 0 Å². The summed E-state index contributed by atoms with van der Waals surface area (Å²) in [5.74, 6) is 2.61. The molecule has 35 heavy (non-hydrogen) atoms. The summed E-state index contributed by atoms with van der Waals surface area (Å²) in [5, 5.41) is 8.22. The van der Waals surface area contributed by atoms with Gasteiger partial charge < -0.3 is 20.4 Å². The fraction of sp³-hybridized carbons (Fsp3) is 0.593. The molecule has 2 aromatic rings. The highest BCUT2D eigenvalue weighted by Gasteiger charge is 2.34. The topological polar surface area (TPSA) is 56.3 Å². The van der Waals surface area contributed by atoms with Crippen molar-refractivity contribution in [1.29, 1.82) is 0 Å². The lowest BCUT2D eigenvalue weighted by molar-refractivity contribution is 0.292. The van der Waals surface area contributed by atoms with Crippen molar-refractivity contribution < 1.29 is 0 Å². The molecule has 0 spiro atoms. The van der Waals surface area contributed by atoms with E-state index in [1.807, 2.05) is 12.1 Å². The first-order valence-electron chi connectivity index (χ1n) is 13.3. The van der Waals surface area contributed by atoms with Crippen LogP contribution >= 0.6 is 23.8 Å². The van der Waals surface area contributed by atoms with E-state index in [2.05, 4.69) is 38.6 Å². The summed E-state index contributed by atoms with van der Waals surface area (Å²) < 4.78 is 0. The van der Waals surface area contributed by atoms with Crippen LogP contribution in [0.15, 0.2) is 30.3 Å². The molecule has 8 heteroatoms. The monoisotopic (exact) mass is 512 g/mol. The number of aromatic nitrogens is 2. The number of rotatable bonds is 6. The van der Waals surface area contributed by atoms with Gasteiger partial charge in [-0.1, -0.05) is 43.0 Å². The number of thiocarbonyl (C=S) groups is 1. The Morgan fingerprint density at radius 2 is 1.37 bits per heavy atom. The first kappa shape index (κ1) is 24.6. The third-order valence-electron chi connectivity index (χ3n) is 7.89. The second-order valence-electron chi connectivity index (χ2n) is 10.3. The zero-order valence-corrected chi connectivity index (χ0v) is 22.1. The lowest BCUT2D eigenvalue weighted by Crippen LogP contribution is -2.43. The summed E-state index contributed by atoms with van der Waals surface area (Å²) >= 11 is 11.9. The highest BCUT2D eigenvalue weighted by molar-refractivity contribution is 7.80. The highest BCUT2D eigenvalue weighted by Crippen LogP contribution is 2.39. The Kier molecular flexibility index (Phi) is 7.93. The third-order valence-corrected chi connectivity index (χ3v) is 8.39. The van der Waals surface area contributed by atoms with Crippen molar-refractivity contribution in [2.45, 2.75) is 69.6 Å². The van der Waals surface area contributed by atoms with Crippen LogP contribution in [-0.4, -0.2) is 47.8 Å². The largest absolute Gasteiger partial charge is 0.361 e. The number of nitrogens with one attached hydrogen (secondary N) is 2. The minimum Gasteiger partial charge on any atom is -0.361 e. The molecule has 3 aliphatic rings. The molecule has 0 atom stereocenters. The molecule has 0 amide bonds. The second-order valence-corrected chi connectivity index (χ2v) is 11.2. The van der Waals surface area contributed by atoms with Crippen LogP contribution in [0.2, 0.25) is 5.02 Å². The van der Waals surface area contributed by atoms with Crippen LogP contribution in [0.4, 0.5) is 17.6 Å². The Labute approximate surface area is 219 Å². The van der Waals surface area contributed by atoms with E-state index in [1.165, 1.54) is 56.9 Å². The second kappa shape index (κ2) is 11.3. The van der Waals surface area contributed by atoms with Gasteiger partial charge in [-0.3, -0.25) is 0 Å². The fourth-order valence-corrected chi connectivity index (χ4v) is 6.16. The Morgan fingerprint density at radius 1 is 0.829 bits per heavy atom. The predicted octanol–water partition coefficient (Wildman–Crippen LogP) is 5.91. The standard InChI is InChI=1S/C27H37ClN6S/c28-22-11-9-21(10-12-22)27(13-3-1-4-14-27)20-29-26(35)32-25-30-23(33-15-5-2-6-16-33)19-24(31-25)34-17-7-8-18-34/h9-12,19H,1-8,13-18,20H2,(H2,29,30,31,32,35). The fourth-order valence-electron chi connectivity index (χ4n) is 5.87. The normalized spacial score (nSPS) is 20.0. The van der Waals surface area contributed by atoms with Gasteiger partial charge in [-0.25, -0.2) is 0 Å². The summed E-state index contributed by atoms with van der Waals surface area (Å²) in [5.41, 5.74) is 1.42. The van der Waals surface area contributed by atoms with E-state index in [4.69, 9.17) is 33.8 Å². The van der Waals surface area contributed by atoms with Gasteiger partial charge in [0.25, 0.3) is 0 Å². The van der Waals surface area contributed by atoms with Gasteiger partial charge in [-0.05, 0) is 74.9 Å². The van der Waals surface area contributed by atoms with Crippen molar-refractivity contribution in [3.8, 4) is 0 Å². The molecule has 0 bridgehead atoms. The van der Waals surface area contributed by atoms with Crippen LogP contribution < -0.4 is 20.4 Å². The summed E-state index contributed by atoms with van der Waals surface area (Å²) in [6, 6.07) is 10.5. The molecule has 5 rings (SSSR count). The first-order valence-corrected chi connectivity index (χ1v) is 14.1. The van der Waals surface area contributed by atoms with Gasteiger partial charge in [-0.2, -0.15) is 9.97 Å². The summed E-state index contributed by atoms with van der Waals surface area (Å²) in [6.45, 7) is 5.03. The smallest absolute Gasteiger partial charge is 0.232 e. The maximum absolute atomic E-state index is 6.18. The maximum Gasteiger partial charge on any atom is 0.232 e. The van der Waals surface area contributed by atoms with Gasteiger partial charge in [0, 0.05) is 49.2 Å². The lowest BCUT2D eigenvalue weighted by atomic mass is 9.69. The van der Waals surface area contributed by atoms with E-state index in [0.29, 0.717) is 11.1 Å². The van der Waals surface area contributed by atoms with Gasteiger partial charge in [0.05, 0.1) is 0 Å². The molecule has 2 aliphatic heterocycles. The first-order chi connectivity index (χ1) is 17.1. The van der Waals surface area contributed by atoms with Crippen molar-refractivity contribution in [2.24, 2.45) is 0 Å². The number of anilines is 3. The molecule has 0 unspecified atom stereocenters. The van der Waals surface area contributed by atoms with Gasteiger partial charge >= 0.3 is 0 Å². The molecule has 1 aromatic heterocycles. The van der Waals surface area contributed by atoms with Crippen molar-refractivity contribution in [1.82, 2.24) is 15.3 Å². The number of nitrogens with zero attached hydrogens (tertiary/aromatic N) is 4. The van der Waals surface area contributed by atoms with E-state index in [-0.39, 0.29) is 5.41 Å². The quantitative estimate of drug-likeness (QED) is 0.466. The molecule has 1 aromatic carbocycles. The van der Waals surface area contributed by atoms with Gasteiger partial charge in [0.2, 0.25) is 5.95 Å². The molecule has 6 nitrogen and oxygen atoms in total. The molecule has 1 saturated carbocycles. The van der Waals surface area contributed by atoms with E-state index >= 15 is 0 Å². The van der Waals surface area contributed by atoms with Gasteiger partial charge in [0.1, 0.15) is 11.6 Å². The van der Waals surface area contributed by atoms with Crippen LogP contribution in [-0.2, 0) is 5.41 Å². The van der Waals surface area contributed by atoms with Crippen LogP contribution in [0.1, 0.15) is 69.8 Å². The maximum atomic E-state index is 6.18. The Hall–Kier alpha value is -2.12. The Morgan fingerprint density at radius 3 is 1.97 bits per heavy atom. The van der Waals surface area contributed by atoms with E-state index in [1.54, 1.807) is 0 Å². The number of halogens is 1. The Balaban J connectivity index is 1.30. The van der Waals surface area contributed by atoms with Crippen LogP contribution in [0, 0.1) is 0 Å². The SMILES string of the molecule is S=C(NCC1(c2ccc(Cl)cc2)CCCCC1)Nc1nc(N2CCCCC2)cc(N2CCCC2)n1. The molecule has 0 radical (unpaired) electrons. The van der Waals surface area contributed by atoms with E-state index < -0.39 is 0 Å². The predicted molar refractivity (Wildman–Crippen MR) is 150 cm³/mol. The van der Waals surface area contributed by atoms with E-state index in [9.17, 15) is 0 Å². The summed E-state index contributed by atoms with van der Waals surface area (Å²) in [6.07, 6.45) is 12.3. The summed E-state index contributed by atoms with van der Waals surface area (Å²) in [7, 11) is 0. The zero-order valence-electron chi connectivity index (χ0n) is 20.6. The lowest BCUT2D eigenvalue weighted by Gasteiger charge is -2.38. The molecule has 188 valence electrons.